The molecule has 0 heterocycles. The van der Waals surface area contributed by atoms with Gasteiger partial charge in [0.05, 0.1) is 0 Å². The van der Waals surface area contributed by atoms with Gasteiger partial charge in [0, 0.05) is 6.61 Å². The van der Waals surface area contributed by atoms with E-state index in [2.05, 4.69) is 6.92 Å². The van der Waals surface area contributed by atoms with Crippen LogP contribution in [0.5, 0.6) is 0 Å². The Morgan fingerprint density at radius 2 is 1.56 bits per heavy atom. The molecule has 0 amide bonds. The van der Waals surface area contributed by atoms with Gasteiger partial charge in [0.1, 0.15) is 12.8 Å². The first-order valence-corrected chi connectivity index (χ1v) is 6.77. The molecule has 0 radical (unpaired) electrons. The van der Waals surface area contributed by atoms with E-state index >= 15 is 0 Å². The summed E-state index contributed by atoms with van der Waals surface area (Å²) in [6.07, 6.45) is 1.05. The second-order valence-corrected chi connectivity index (χ2v) is 4.50. The molecular formula is C13H25F3O2. The molecule has 0 saturated heterocycles. The molecule has 3 unspecified atom stereocenters. The lowest BCUT2D eigenvalue weighted by Gasteiger charge is -2.18. The van der Waals surface area contributed by atoms with Crippen LogP contribution in [0, 0.1) is 0 Å². The minimum atomic E-state index is -2.68. The third kappa shape index (κ3) is 8.75. The summed E-state index contributed by atoms with van der Waals surface area (Å²) in [4.78, 5) is 0. The van der Waals surface area contributed by atoms with Gasteiger partial charge in [0.2, 0.25) is 6.36 Å². The van der Waals surface area contributed by atoms with E-state index in [-0.39, 0.29) is 6.61 Å². The molecule has 0 rings (SSSR count). The van der Waals surface area contributed by atoms with Crippen molar-refractivity contribution in [2.45, 2.75) is 70.5 Å². The third-order valence-electron chi connectivity index (χ3n) is 2.85. The van der Waals surface area contributed by atoms with Crippen LogP contribution in [-0.2, 0) is 4.74 Å². The SMILES string of the molecule is CCCCCCCCCOC(CF)C(F)C(O)F. The Hall–Kier alpha value is -0.290. The van der Waals surface area contributed by atoms with Gasteiger partial charge in [-0.3, -0.25) is 0 Å². The van der Waals surface area contributed by atoms with Gasteiger partial charge in [-0.1, -0.05) is 45.4 Å². The fourth-order valence-corrected chi connectivity index (χ4v) is 1.69. The minimum absolute atomic E-state index is 0.204. The molecule has 5 heteroatoms. The number of halogens is 3. The highest BCUT2D eigenvalue weighted by molar-refractivity contribution is 4.70. The number of alkyl halides is 3. The van der Waals surface area contributed by atoms with Gasteiger partial charge in [-0.05, 0) is 6.42 Å². The Morgan fingerprint density at radius 1 is 1.00 bits per heavy atom. The fourth-order valence-electron chi connectivity index (χ4n) is 1.69. The van der Waals surface area contributed by atoms with Gasteiger partial charge < -0.3 is 9.84 Å². The van der Waals surface area contributed by atoms with Gasteiger partial charge in [-0.2, -0.15) is 0 Å². The van der Waals surface area contributed by atoms with E-state index in [1.165, 1.54) is 19.3 Å². The van der Waals surface area contributed by atoms with Gasteiger partial charge in [-0.25, -0.2) is 13.2 Å². The molecule has 0 bridgehead atoms. The maximum atomic E-state index is 12.9. The summed E-state index contributed by atoms with van der Waals surface area (Å²) in [6.45, 7) is 1.23. The normalized spacial score (nSPS) is 16.5. The highest BCUT2D eigenvalue weighted by Crippen LogP contribution is 2.12. The average molecular weight is 270 g/mol. The van der Waals surface area contributed by atoms with Crippen molar-refractivity contribution in [2.24, 2.45) is 0 Å². The van der Waals surface area contributed by atoms with E-state index in [9.17, 15) is 13.2 Å². The van der Waals surface area contributed by atoms with Crippen LogP contribution in [0.1, 0.15) is 51.9 Å². The van der Waals surface area contributed by atoms with Crippen LogP contribution in [0.2, 0.25) is 0 Å². The van der Waals surface area contributed by atoms with E-state index in [0.717, 1.165) is 19.3 Å². The number of rotatable bonds is 12. The highest BCUT2D eigenvalue weighted by Gasteiger charge is 2.28. The summed E-state index contributed by atoms with van der Waals surface area (Å²) in [6, 6.07) is 0. The number of unbranched alkanes of at least 4 members (excludes halogenated alkanes) is 6. The van der Waals surface area contributed by atoms with Crippen LogP contribution < -0.4 is 0 Å². The van der Waals surface area contributed by atoms with Crippen LogP contribution in [0.3, 0.4) is 0 Å². The first-order chi connectivity index (χ1) is 8.63. The number of aliphatic hydroxyl groups excluding tert-OH is 1. The topological polar surface area (TPSA) is 29.5 Å². The van der Waals surface area contributed by atoms with Crippen molar-refractivity contribution in [3.05, 3.63) is 0 Å². The highest BCUT2D eigenvalue weighted by atomic mass is 19.2. The number of ether oxygens (including phenoxy) is 1. The standard InChI is InChI=1S/C13H25F3O2/c1-2-3-4-5-6-7-8-9-18-11(10-14)12(15)13(16)17/h11-13,17H,2-10H2,1H3. The van der Waals surface area contributed by atoms with Crippen LogP contribution in [0.25, 0.3) is 0 Å². The number of aliphatic hydroxyl groups is 1. The fraction of sp³-hybridized carbons (Fsp3) is 1.00. The quantitative estimate of drug-likeness (QED) is 0.548. The van der Waals surface area contributed by atoms with E-state index in [4.69, 9.17) is 9.84 Å². The second kappa shape index (κ2) is 11.8. The monoisotopic (exact) mass is 270 g/mol. The number of hydrogen-bond acceptors (Lipinski definition) is 2. The summed E-state index contributed by atoms with van der Waals surface area (Å²) < 4.78 is 42.4. The lowest BCUT2D eigenvalue weighted by atomic mass is 10.1. The van der Waals surface area contributed by atoms with Crippen LogP contribution in [0.4, 0.5) is 13.2 Å². The lowest BCUT2D eigenvalue weighted by molar-refractivity contribution is -0.105. The molecule has 1 N–H and O–H groups in total. The summed E-state index contributed by atoms with van der Waals surface area (Å²) in [5.41, 5.74) is 0. The Bertz CT molecular complexity index is 180. The Morgan fingerprint density at radius 3 is 2.06 bits per heavy atom. The lowest BCUT2D eigenvalue weighted by Crippen LogP contribution is -2.35. The van der Waals surface area contributed by atoms with Crippen molar-refractivity contribution in [3.8, 4) is 0 Å². The van der Waals surface area contributed by atoms with Crippen molar-refractivity contribution < 1.29 is 23.0 Å². The molecule has 3 atom stereocenters. The molecule has 2 nitrogen and oxygen atoms in total. The van der Waals surface area contributed by atoms with Crippen LogP contribution in [0.15, 0.2) is 0 Å². The maximum absolute atomic E-state index is 12.9. The Kier molecular flexibility index (Phi) is 11.6. The zero-order valence-electron chi connectivity index (χ0n) is 11.1. The number of hydrogen-bond donors (Lipinski definition) is 1. The zero-order chi connectivity index (χ0) is 13.8. The molecule has 0 aromatic heterocycles. The first-order valence-electron chi connectivity index (χ1n) is 6.77. The van der Waals surface area contributed by atoms with E-state index in [0.29, 0.717) is 6.42 Å². The molecule has 18 heavy (non-hydrogen) atoms. The van der Waals surface area contributed by atoms with Gasteiger partial charge in [0.25, 0.3) is 0 Å². The molecule has 0 aromatic rings. The predicted octanol–water partition coefficient (Wildman–Crippen LogP) is 3.72. The molecule has 0 aliphatic heterocycles. The Labute approximate surface area is 108 Å². The van der Waals surface area contributed by atoms with Crippen molar-refractivity contribution in [2.75, 3.05) is 13.3 Å². The zero-order valence-corrected chi connectivity index (χ0v) is 11.1. The molecule has 0 aliphatic rings. The smallest absolute Gasteiger partial charge is 0.230 e. The molecular weight excluding hydrogens is 245 g/mol. The summed E-state index contributed by atoms with van der Waals surface area (Å²) in [5, 5.41) is 8.36. The Balaban J connectivity index is 3.45. The largest absolute Gasteiger partial charge is 0.372 e. The van der Waals surface area contributed by atoms with Crippen LogP contribution in [-0.4, -0.2) is 37.0 Å². The maximum Gasteiger partial charge on any atom is 0.230 e. The molecule has 0 aliphatic carbocycles. The van der Waals surface area contributed by atoms with E-state index < -0.39 is 25.3 Å². The molecule has 0 fully saturated rings. The first kappa shape index (κ1) is 17.7. The van der Waals surface area contributed by atoms with Crippen LogP contribution >= 0.6 is 0 Å². The van der Waals surface area contributed by atoms with Crippen molar-refractivity contribution in [3.63, 3.8) is 0 Å². The van der Waals surface area contributed by atoms with E-state index in [1.807, 2.05) is 0 Å². The average Bonchev–Trinajstić information content (AvgIpc) is 2.36. The molecule has 0 saturated carbocycles. The predicted molar refractivity (Wildman–Crippen MR) is 65.7 cm³/mol. The van der Waals surface area contributed by atoms with Crippen molar-refractivity contribution >= 4 is 0 Å². The van der Waals surface area contributed by atoms with Gasteiger partial charge in [0.15, 0.2) is 6.17 Å². The summed E-state index contributed by atoms with van der Waals surface area (Å²) in [5.74, 6) is 0. The summed E-state index contributed by atoms with van der Waals surface area (Å²) in [7, 11) is 0. The summed E-state index contributed by atoms with van der Waals surface area (Å²) >= 11 is 0. The molecule has 0 aromatic carbocycles. The third-order valence-corrected chi connectivity index (χ3v) is 2.85. The molecule has 0 spiro atoms. The van der Waals surface area contributed by atoms with Gasteiger partial charge >= 0.3 is 0 Å². The molecule has 110 valence electrons. The second-order valence-electron chi connectivity index (χ2n) is 4.50. The van der Waals surface area contributed by atoms with Crippen molar-refractivity contribution in [1.29, 1.82) is 0 Å². The van der Waals surface area contributed by atoms with Crippen molar-refractivity contribution in [1.82, 2.24) is 0 Å². The van der Waals surface area contributed by atoms with Gasteiger partial charge in [-0.15, -0.1) is 0 Å². The minimum Gasteiger partial charge on any atom is -0.372 e. The van der Waals surface area contributed by atoms with E-state index in [1.54, 1.807) is 0 Å².